The van der Waals surface area contributed by atoms with Gasteiger partial charge in [-0.25, -0.2) is 0 Å². The van der Waals surface area contributed by atoms with Crippen LogP contribution in [0.4, 0.5) is 0 Å². The van der Waals surface area contributed by atoms with Gasteiger partial charge < -0.3 is 15.3 Å². The number of rotatable bonds is 7. The van der Waals surface area contributed by atoms with E-state index in [4.69, 9.17) is 11.6 Å². The fraction of sp³-hybridized carbons (Fsp3) is 0.500. The highest BCUT2D eigenvalue weighted by Crippen LogP contribution is 2.47. The van der Waals surface area contributed by atoms with Crippen LogP contribution in [-0.2, 0) is 16.8 Å². The zero-order valence-corrected chi connectivity index (χ0v) is 18.6. The fourth-order valence-electron chi connectivity index (χ4n) is 5.80. The monoisotopic (exact) mass is 438 g/mol. The van der Waals surface area contributed by atoms with Crippen LogP contribution >= 0.6 is 11.6 Å². The molecule has 3 fully saturated rings. The smallest absolute Gasteiger partial charge is 0.257 e. The Labute approximate surface area is 189 Å². The molecule has 2 unspecified atom stereocenters. The molecule has 0 spiro atoms. The van der Waals surface area contributed by atoms with Gasteiger partial charge in [0.2, 0.25) is 0 Å². The highest BCUT2D eigenvalue weighted by atomic mass is 35.5. The van der Waals surface area contributed by atoms with Crippen LogP contribution in [0, 0.1) is 17.8 Å². The quantitative estimate of drug-likeness (QED) is 0.686. The molecule has 0 bridgehead atoms. The van der Waals surface area contributed by atoms with Crippen molar-refractivity contribution in [3.8, 4) is 0 Å². The average Bonchev–Trinajstić information content (AvgIpc) is 3.20. The van der Waals surface area contributed by atoms with Gasteiger partial charge in [0.15, 0.2) is 5.60 Å². The molecular formula is C26H31ClN2O2. The fourth-order valence-corrected chi connectivity index (χ4v) is 5.92. The van der Waals surface area contributed by atoms with E-state index >= 15 is 0 Å². The van der Waals surface area contributed by atoms with Gasteiger partial charge in [-0.1, -0.05) is 66.9 Å². The maximum Gasteiger partial charge on any atom is 0.257 e. The first kappa shape index (κ1) is 21.0. The molecule has 1 heterocycles. The molecule has 5 heteroatoms. The van der Waals surface area contributed by atoms with Gasteiger partial charge in [-0.05, 0) is 54.4 Å². The molecule has 2 N–H and O–H groups in total. The van der Waals surface area contributed by atoms with E-state index in [1.54, 1.807) is 0 Å². The van der Waals surface area contributed by atoms with Crippen LogP contribution in [0.3, 0.4) is 0 Å². The number of likely N-dealkylation sites (tertiary alicyclic amines) is 1. The van der Waals surface area contributed by atoms with E-state index in [1.165, 1.54) is 5.56 Å². The number of carbonyl (C=O) groups excluding carboxylic acids is 1. The molecule has 5 rings (SSSR count). The number of nitrogens with zero attached hydrogens (tertiary/aromatic N) is 1. The standard InChI is InChI=1S/C26H31ClN2O2/c27-21-12-10-18(11-13-21)14-15-29-16-22-23(17-29)24(22)28-25(30)26(31,20-8-4-5-9-20)19-6-2-1-3-7-19/h1-3,6-7,10-13,20,22-24,31H,4-5,8-9,14-17H2,(H,28,30)/t22-,23?,24+,26?/m0/s1. The molecular weight excluding hydrogens is 408 g/mol. The summed E-state index contributed by atoms with van der Waals surface area (Å²) in [5.41, 5.74) is 0.622. The van der Waals surface area contributed by atoms with E-state index in [1.807, 2.05) is 42.5 Å². The zero-order valence-electron chi connectivity index (χ0n) is 17.8. The third-order valence-electron chi connectivity index (χ3n) is 7.70. The van der Waals surface area contributed by atoms with E-state index in [0.29, 0.717) is 11.8 Å². The Balaban J connectivity index is 1.18. The predicted molar refractivity (Wildman–Crippen MR) is 123 cm³/mol. The Morgan fingerprint density at radius 3 is 2.32 bits per heavy atom. The number of nitrogens with one attached hydrogen (secondary N) is 1. The van der Waals surface area contributed by atoms with E-state index < -0.39 is 5.60 Å². The number of hydrogen-bond donors (Lipinski definition) is 2. The van der Waals surface area contributed by atoms with Crippen molar-refractivity contribution in [1.82, 2.24) is 10.2 Å². The first-order valence-corrected chi connectivity index (χ1v) is 12.0. The van der Waals surface area contributed by atoms with Crippen LogP contribution < -0.4 is 5.32 Å². The number of fused-ring (bicyclic) bond motifs is 1. The molecule has 1 amide bonds. The van der Waals surface area contributed by atoms with Crippen molar-refractivity contribution in [2.45, 2.75) is 43.7 Å². The SMILES string of the molecule is O=C(N[C@H]1C2CN(CCc3ccc(Cl)cc3)C[C@@H]21)C(O)(c1ccccc1)C1CCCC1. The van der Waals surface area contributed by atoms with Crippen molar-refractivity contribution >= 4 is 17.5 Å². The summed E-state index contributed by atoms with van der Waals surface area (Å²) in [6.45, 7) is 3.08. The second-order valence-electron chi connectivity index (χ2n) is 9.58. The molecule has 31 heavy (non-hydrogen) atoms. The average molecular weight is 439 g/mol. The lowest BCUT2D eigenvalue weighted by Crippen LogP contribution is -2.51. The van der Waals surface area contributed by atoms with Crippen LogP contribution in [0.25, 0.3) is 0 Å². The summed E-state index contributed by atoms with van der Waals surface area (Å²) in [6, 6.07) is 17.8. The summed E-state index contributed by atoms with van der Waals surface area (Å²) in [5.74, 6) is 0.831. The minimum absolute atomic E-state index is 0.00404. The maximum absolute atomic E-state index is 13.4. The summed E-state index contributed by atoms with van der Waals surface area (Å²) in [5, 5.41) is 15.7. The summed E-state index contributed by atoms with van der Waals surface area (Å²) < 4.78 is 0. The zero-order chi connectivity index (χ0) is 21.4. The molecule has 2 aromatic rings. The number of amides is 1. The number of halogens is 1. The minimum atomic E-state index is -1.41. The number of carbonyl (C=O) groups is 1. The van der Waals surface area contributed by atoms with Gasteiger partial charge in [-0.15, -0.1) is 0 Å². The molecule has 164 valence electrons. The van der Waals surface area contributed by atoms with Crippen molar-refractivity contribution in [2.24, 2.45) is 17.8 Å². The Morgan fingerprint density at radius 1 is 1.03 bits per heavy atom. The van der Waals surface area contributed by atoms with Gasteiger partial charge in [0, 0.05) is 36.6 Å². The van der Waals surface area contributed by atoms with Crippen LogP contribution in [0.5, 0.6) is 0 Å². The number of aliphatic hydroxyl groups is 1. The molecule has 2 saturated carbocycles. The molecule has 3 aliphatic rings. The second-order valence-corrected chi connectivity index (χ2v) is 10.0. The van der Waals surface area contributed by atoms with Gasteiger partial charge >= 0.3 is 0 Å². The van der Waals surface area contributed by atoms with E-state index in [9.17, 15) is 9.90 Å². The van der Waals surface area contributed by atoms with Gasteiger partial charge in [-0.3, -0.25) is 4.79 Å². The lowest BCUT2D eigenvalue weighted by molar-refractivity contribution is -0.147. The first-order valence-electron chi connectivity index (χ1n) is 11.6. The van der Waals surface area contributed by atoms with Crippen molar-refractivity contribution in [3.63, 3.8) is 0 Å². The lowest BCUT2D eigenvalue weighted by atomic mass is 9.79. The molecule has 0 radical (unpaired) electrons. The van der Waals surface area contributed by atoms with Crippen LogP contribution in [-0.4, -0.2) is 41.6 Å². The third-order valence-corrected chi connectivity index (χ3v) is 7.96. The summed E-state index contributed by atoms with van der Waals surface area (Å²) >= 11 is 5.97. The summed E-state index contributed by atoms with van der Waals surface area (Å²) in [7, 11) is 0. The van der Waals surface area contributed by atoms with Crippen molar-refractivity contribution in [1.29, 1.82) is 0 Å². The third kappa shape index (κ3) is 4.13. The van der Waals surface area contributed by atoms with Crippen LogP contribution in [0.1, 0.15) is 36.8 Å². The lowest BCUT2D eigenvalue weighted by Gasteiger charge is -2.33. The Kier molecular flexibility index (Phi) is 5.80. The molecule has 4 atom stereocenters. The van der Waals surface area contributed by atoms with Crippen molar-refractivity contribution < 1.29 is 9.90 Å². The van der Waals surface area contributed by atoms with Gasteiger partial charge in [-0.2, -0.15) is 0 Å². The molecule has 2 aliphatic carbocycles. The molecule has 4 nitrogen and oxygen atoms in total. The minimum Gasteiger partial charge on any atom is -0.375 e. The van der Waals surface area contributed by atoms with Crippen LogP contribution in [0.15, 0.2) is 54.6 Å². The molecule has 0 aromatic heterocycles. The van der Waals surface area contributed by atoms with E-state index in [0.717, 1.165) is 62.3 Å². The van der Waals surface area contributed by atoms with Gasteiger partial charge in [0.25, 0.3) is 5.91 Å². The normalized spacial score (nSPS) is 27.6. The Hall–Kier alpha value is -1.88. The van der Waals surface area contributed by atoms with Gasteiger partial charge in [0.05, 0.1) is 0 Å². The largest absolute Gasteiger partial charge is 0.375 e. The topological polar surface area (TPSA) is 52.6 Å². The summed E-state index contributed by atoms with van der Waals surface area (Å²) in [4.78, 5) is 15.9. The molecule has 1 saturated heterocycles. The first-order chi connectivity index (χ1) is 15.1. The van der Waals surface area contributed by atoms with Gasteiger partial charge in [0.1, 0.15) is 0 Å². The number of hydrogen-bond acceptors (Lipinski definition) is 3. The highest BCUT2D eigenvalue weighted by molar-refractivity contribution is 6.30. The Bertz CT molecular complexity index is 901. The molecule has 2 aromatic carbocycles. The van der Waals surface area contributed by atoms with Crippen molar-refractivity contribution in [2.75, 3.05) is 19.6 Å². The predicted octanol–water partition coefficient (Wildman–Crippen LogP) is 4.01. The number of piperidine rings is 1. The second kappa shape index (κ2) is 8.57. The molecule has 1 aliphatic heterocycles. The van der Waals surface area contributed by atoms with E-state index in [2.05, 4.69) is 22.3 Å². The Morgan fingerprint density at radius 2 is 1.68 bits per heavy atom. The van der Waals surface area contributed by atoms with Crippen molar-refractivity contribution in [3.05, 3.63) is 70.7 Å². The van der Waals surface area contributed by atoms with Crippen LogP contribution in [0.2, 0.25) is 5.02 Å². The highest BCUT2D eigenvalue weighted by Gasteiger charge is 2.58. The maximum atomic E-state index is 13.4. The summed E-state index contributed by atoms with van der Waals surface area (Å²) in [6.07, 6.45) is 5.02. The number of benzene rings is 2. The van der Waals surface area contributed by atoms with E-state index in [-0.39, 0.29) is 17.9 Å².